The summed E-state index contributed by atoms with van der Waals surface area (Å²) in [4.78, 5) is 4.39. The minimum absolute atomic E-state index is 0.938. The summed E-state index contributed by atoms with van der Waals surface area (Å²) in [5.41, 5.74) is 2.34. The van der Waals surface area contributed by atoms with Crippen LogP contribution in [0, 0.1) is 0 Å². The molecule has 0 fully saturated rings. The molecule has 0 aliphatic rings. The molecule has 0 aromatic heterocycles. The fraction of sp³-hybridized carbons (Fsp3) is 0.364. The summed E-state index contributed by atoms with van der Waals surface area (Å²) >= 11 is 0. The molecule has 0 bridgehead atoms. The topological polar surface area (TPSA) is 24.4 Å². The maximum Gasteiger partial charge on any atom is 0.0988 e. The number of hydrogen-bond acceptors (Lipinski definition) is 1. The fourth-order valence-corrected chi connectivity index (χ4v) is 1.10. The Morgan fingerprint density at radius 3 is 2.85 bits per heavy atom. The largest absolute Gasteiger partial charge is 0.377 e. The van der Waals surface area contributed by atoms with Crippen LogP contribution in [-0.4, -0.2) is 12.9 Å². The molecule has 1 aromatic rings. The summed E-state index contributed by atoms with van der Waals surface area (Å²) in [6.07, 6.45) is 1.06. The lowest BCUT2D eigenvalue weighted by Gasteiger charge is -2.00. The van der Waals surface area contributed by atoms with Gasteiger partial charge in [0, 0.05) is 7.05 Å². The normalized spacial score (nSPS) is 11.5. The minimum atomic E-state index is 0.938. The third-order valence-corrected chi connectivity index (χ3v) is 1.98. The zero-order valence-corrected chi connectivity index (χ0v) is 8.46. The van der Waals surface area contributed by atoms with Crippen LogP contribution in [0.5, 0.6) is 0 Å². The summed E-state index contributed by atoms with van der Waals surface area (Å²) in [7, 11) is 1.88. The Labute approximate surface area is 79.7 Å². The van der Waals surface area contributed by atoms with Crippen molar-refractivity contribution in [3.05, 3.63) is 29.8 Å². The van der Waals surface area contributed by atoms with Crippen LogP contribution < -0.4 is 5.32 Å². The zero-order chi connectivity index (χ0) is 9.68. The van der Waals surface area contributed by atoms with Crippen molar-refractivity contribution in [2.45, 2.75) is 20.3 Å². The molecule has 0 amide bonds. The molecule has 0 unspecified atom stereocenters. The van der Waals surface area contributed by atoms with Crippen LogP contribution in [0.2, 0.25) is 0 Å². The number of amidine groups is 1. The molecular weight excluding hydrogens is 160 g/mol. The lowest BCUT2D eigenvalue weighted by atomic mass is 10.1. The number of rotatable bonds is 2. The number of aryl methyl sites for hydroxylation is 1. The minimum Gasteiger partial charge on any atom is -0.377 e. The van der Waals surface area contributed by atoms with Crippen molar-refractivity contribution in [1.29, 1.82) is 0 Å². The van der Waals surface area contributed by atoms with Gasteiger partial charge in [-0.1, -0.05) is 19.1 Å². The molecule has 0 aliphatic heterocycles. The second kappa shape index (κ2) is 4.65. The Morgan fingerprint density at radius 1 is 1.46 bits per heavy atom. The van der Waals surface area contributed by atoms with E-state index in [9.17, 15) is 0 Å². The molecule has 70 valence electrons. The van der Waals surface area contributed by atoms with E-state index >= 15 is 0 Å². The standard InChI is InChI=1S/C11H16N2/c1-4-10-6-5-7-11(8-10)13-9(2)12-3/h5-8H,4H2,1-3H3,(H,12,13). The molecule has 0 aliphatic carbocycles. The molecule has 0 saturated heterocycles. The van der Waals surface area contributed by atoms with Gasteiger partial charge in [-0.2, -0.15) is 0 Å². The van der Waals surface area contributed by atoms with Gasteiger partial charge in [-0.25, -0.2) is 4.99 Å². The predicted molar refractivity (Wildman–Crippen MR) is 57.6 cm³/mol. The van der Waals surface area contributed by atoms with E-state index in [0.29, 0.717) is 0 Å². The van der Waals surface area contributed by atoms with E-state index in [1.165, 1.54) is 5.56 Å². The SMILES string of the molecule is CCc1cccc(/N=C(\C)NC)c1. The Kier molecular flexibility index (Phi) is 3.50. The van der Waals surface area contributed by atoms with E-state index in [1.807, 2.05) is 26.1 Å². The molecule has 1 rings (SSSR count). The van der Waals surface area contributed by atoms with Crippen molar-refractivity contribution in [3.8, 4) is 0 Å². The molecule has 2 heteroatoms. The van der Waals surface area contributed by atoms with Crippen molar-refractivity contribution >= 4 is 11.5 Å². The maximum absolute atomic E-state index is 4.39. The van der Waals surface area contributed by atoms with Gasteiger partial charge in [0.05, 0.1) is 11.5 Å². The van der Waals surface area contributed by atoms with Crippen LogP contribution in [0.25, 0.3) is 0 Å². The van der Waals surface area contributed by atoms with Gasteiger partial charge in [0.25, 0.3) is 0 Å². The first-order chi connectivity index (χ1) is 6.26. The molecule has 0 heterocycles. The molecule has 2 nitrogen and oxygen atoms in total. The average Bonchev–Trinajstić information content (AvgIpc) is 2.18. The highest BCUT2D eigenvalue weighted by Crippen LogP contribution is 2.14. The van der Waals surface area contributed by atoms with Gasteiger partial charge >= 0.3 is 0 Å². The fourth-order valence-electron chi connectivity index (χ4n) is 1.10. The molecular formula is C11H16N2. The number of hydrogen-bond donors (Lipinski definition) is 1. The summed E-state index contributed by atoms with van der Waals surface area (Å²) in [6.45, 7) is 4.10. The molecule has 0 spiro atoms. The van der Waals surface area contributed by atoms with Crippen LogP contribution in [0.15, 0.2) is 29.3 Å². The quantitative estimate of drug-likeness (QED) is 0.543. The molecule has 13 heavy (non-hydrogen) atoms. The highest BCUT2D eigenvalue weighted by Gasteiger charge is 1.92. The van der Waals surface area contributed by atoms with Gasteiger partial charge in [0.15, 0.2) is 0 Å². The maximum atomic E-state index is 4.39. The molecule has 0 radical (unpaired) electrons. The Bertz CT molecular complexity index is 303. The summed E-state index contributed by atoms with van der Waals surface area (Å²) in [5.74, 6) is 0.938. The van der Waals surface area contributed by atoms with Crippen molar-refractivity contribution in [2.24, 2.45) is 4.99 Å². The Morgan fingerprint density at radius 2 is 2.23 bits per heavy atom. The second-order valence-electron chi connectivity index (χ2n) is 2.97. The van der Waals surface area contributed by atoms with Crippen LogP contribution >= 0.6 is 0 Å². The van der Waals surface area contributed by atoms with E-state index in [1.54, 1.807) is 0 Å². The van der Waals surface area contributed by atoms with Gasteiger partial charge in [0.2, 0.25) is 0 Å². The lowest BCUT2D eigenvalue weighted by molar-refractivity contribution is 1.13. The smallest absolute Gasteiger partial charge is 0.0988 e. The van der Waals surface area contributed by atoms with Gasteiger partial charge in [-0.3, -0.25) is 0 Å². The van der Waals surface area contributed by atoms with Crippen LogP contribution in [0.4, 0.5) is 5.69 Å². The van der Waals surface area contributed by atoms with E-state index in [-0.39, 0.29) is 0 Å². The second-order valence-corrected chi connectivity index (χ2v) is 2.97. The first-order valence-electron chi connectivity index (χ1n) is 4.58. The van der Waals surface area contributed by atoms with E-state index < -0.39 is 0 Å². The van der Waals surface area contributed by atoms with E-state index in [2.05, 4.69) is 29.4 Å². The highest BCUT2D eigenvalue weighted by molar-refractivity contribution is 5.82. The third-order valence-electron chi connectivity index (χ3n) is 1.98. The zero-order valence-electron chi connectivity index (χ0n) is 8.46. The monoisotopic (exact) mass is 176 g/mol. The average molecular weight is 176 g/mol. The number of nitrogens with zero attached hydrogens (tertiary/aromatic N) is 1. The predicted octanol–water partition coefficient (Wildman–Crippen LogP) is 2.52. The van der Waals surface area contributed by atoms with Crippen LogP contribution in [0.3, 0.4) is 0 Å². The van der Waals surface area contributed by atoms with Crippen molar-refractivity contribution in [3.63, 3.8) is 0 Å². The van der Waals surface area contributed by atoms with E-state index in [4.69, 9.17) is 0 Å². The van der Waals surface area contributed by atoms with Crippen LogP contribution in [0.1, 0.15) is 19.4 Å². The Balaban J connectivity index is 2.89. The third kappa shape index (κ3) is 2.90. The van der Waals surface area contributed by atoms with Crippen LogP contribution in [-0.2, 0) is 6.42 Å². The van der Waals surface area contributed by atoms with E-state index in [0.717, 1.165) is 17.9 Å². The molecule has 0 atom stereocenters. The number of benzene rings is 1. The molecule has 1 N–H and O–H groups in total. The Hall–Kier alpha value is -1.31. The summed E-state index contributed by atoms with van der Waals surface area (Å²) < 4.78 is 0. The molecule has 0 saturated carbocycles. The number of nitrogens with one attached hydrogen (secondary N) is 1. The van der Waals surface area contributed by atoms with Gasteiger partial charge in [0.1, 0.15) is 0 Å². The van der Waals surface area contributed by atoms with Crippen molar-refractivity contribution in [2.75, 3.05) is 7.05 Å². The number of aliphatic imine (C=N–C) groups is 1. The van der Waals surface area contributed by atoms with Crippen molar-refractivity contribution in [1.82, 2.24) is 5.32 Å². The van der Waals surface area contributed by atoms with Gasteiger partial charge in [-0.05, 0) is 31.0 Å². The van der Waals surface area contributed by atoms with Gasteiger partial charge < -0.3 is 5.32 Å². The first-order valence-corrected chi connectivity index (χ1v) is 4.58. The summed E-state index contributed by atoms with van der Waals surface area (Å²) in [6, 6.07) is 8.29. The van der Waals surface area contributed by atoms with Crippen molar-refractivity contribution < 1.29 is 0 Å². The van der Waals surface area contributed by atoms with Gasteiger partial charge in [-0.15, -0.1) is 0 Å². The first kappa shape index (κ1) is 9.78. The molecule has 1 aromatic carbocycles. The lowest BCUT2D eigenvalue weighted by Crippen LogP contribution is -2.12. The highest BCUT2D eigenvalue weighted by atomic mass is 15.0. The summed E-state index contributed by atoms with van der Waals surface area (Å²) in [5, 5.41) is 3.00.